The normalized spacial score (nSPS) is 20.5. The van der Waals surface area contributed by atoms with E-state index in [1.807, 2.05) is 17.0 Å². The van der Waals surface area contributed by atoms with Crippen molar-refractivity contribution in [2.45, 2.75) is 37.8 Å². The van der Waals surface area contributed by atoms with E-state index in [9.17, 15) is 9.18 Å². The van der Waals surface area contributed by atoms with Gasteiger partial charge in [-0.25, -0.2) is 4.39 Å². The van der Waals surface area contributed by atoms with Gasteiger partial charge in [0.2, 0.25) is 5.91 Å². The minimum atomic E-state index is -0.358. The number of hydrogen-bond donors (Lipinski definition) is 0. The summed E-state index contributed by atoms with van der Waals surface area (Å²) in [5, 5.41) is 0. The van der Waals surface area contributed by atoms with Gasteiger partial charge in [-0.05, 0) is 42.5 Å². The van der Waals surface area contributed by atoms with Gasteiger partial charge in [0.05, 0.1) is 5.54 Å². The van der Waals surface area contributed by atoms with Gasteiger partial charge in [0.1, 0.15) is 5.82 Å². The molecular formula is C22H25FN2O. The van der Waals surface area contributed by atoms with Crippen LogP contribution in [-0.2, 0) is 16.9 Å². The Morgan fingerprint density at radius 2 is 1.73 bits per heavy atom. The van der Waals surface area contributed by atoms with Crippen molar-refractivity contribution in [3.63, 3.8) is 0 Å². The maximum Gasteiger partial charge on any atom is 0.223 e. The molecule has 4 rings (SSSR count). The third-order valence-corrected chi connectivity index (χ3v) is 5.88. The lowest BCUT2D eigenvalue weighted by atomic mass is 9.79. The lowest BCUT2D eigenvalue weighted by molar-refractivity contribution is -0.136. The fourth-order valence-electron chi connectivity index (χ4n) is 4.52. The summed E-state index contributed by atoms with van der Waals surface area (Å²) in [6.07, 6.45) is 3.23. The van der Waals surface area contributed by atoms with Crippen molar-refractivity contribution < 1.29 is 9.18 Å². The molecule has 2 fully saturated rings. The molecule has 0 unspecified atom stereocenters. The molecule has 2 aromatic rings. The van der Waals surface area contributed by atoms with Crippen LogP contribution in [0.25, 0.3) is 0 Å². The van der Waals surface area contributed by atoms with E-state index in [-0.39, 0.29) is 17.3 Å². The van der Waals surface area contributed by atoms with Crippen LogP contribution in [0, 0.1) is 5.82 Å². The topological polar surface area (TPSA) is 23.6 Å². The molecule has 0 aliphatic carbocycles. The smallest absolute Gasteiger partial charge is 0.223 e. The summed E-state index contributed by atoms with van der Waals surface area (Å²) in [6.45, 7) is 3.53. The highest BCUT2D eigenvalue weighted by Crippen LogP contribution is 2.41. The Balaban J connectivity index is 1.57. The van der Waals surface area contributed by atoms with Gasteiger partial charge < -0.3 is 4.90 Å². The van der Waals surface area contributed by atoms with Crippen LogP contribution in [0.15, 0.2) is 54.6 Å². The van der Waals surface area contributed by atoms with Crippen LogP contribution in [0.1, 0.15) is 36.8 Å². The first-order chi connectivity index (χ1) is 12.7. The van der Waals surface area contributed by atoms with Crippen molar-refractivity contribution in [1.82, 2.24) is 9.80 Å². The second kappa shape index (κ2) is 7.20. The molecule has 4 heteroatoms. The molecule has 3 nitrogen and oxygen atoms in total. The van der Waals surface area contributed by atoms with E-state index >= 15 is 0 Å². The Morgan fingerprint density at radius 3 is 2.38 bits per heavy atom. The summed E-state index contributed by atoms with van der Waals surface area (Å²) < 4.78 is 13.9. The van der Waals surface area contributed by atoms with E-state index in [0.717, 1.165) is 51.0 Å². The maximum absolute atomic E-state index is 13.9. The van der Waals surface area contributed by atoms with Crippen molar-refractivity contribution in [2.75, 3.05) is 19.6 Å². The first-order valence-electron chi connectivity index (χ1n) is 9.50. The Kier molecular flexibility index (Phi) is 4.77. The summed E-state index contributed by atoms with van der Waals surface area (Å²) in [5.74, 6) is -0.00833. The fourth-order valence-corrected chi connectivity index (χ4v) is 4.52. The summed E-state index contributed by atoms with van der Waals surface area (Å²) in [4.78, 5) is 17.0. The molecule has 2 aromatic carbocycles. The number of likely N-dealkylation sites (tertiary alicyclic amines) is 2. The van der Waals surface area contributed by atoms with Crippen LogP contribution in [-0.4, -0.2) is 35.3 Å². The van der Waals surface area contributed by atoms with E-state index in [2.05, 4.69) is 29.2 Å². The molecule has 0 spiro atoms. The molecular weight excluding hydrogens is 327 g/mol. The minimum Gasteiger partial charge on any atom is -0.333 e. The summed E-state index contributed by atoms with van der Waals surface area (Å²) in [7, 11) is 0. The number of piperidine rings is 1. The van der Waals surface area contributed by atoms with Gasteiger partial charge in [0.25, 0.3) is 0 Å². The maximum atomic E-state index is 13.9. The van der Waals surface area contributed by atoms with Gasteiger partial charge in [-0.1, -0.05) is 42.5 Å². The summed E-state index contributed by atoms with van der Waals surface area (Å²) in [6, 6.07) is 17.3. The van der Waals surface area contributed by atoms with E-state index < -0.39 is 0 Å². The molecule has 0 bridgehead atoms. The first kappa shape index (κ1) is 17.2. The molecule has 0 atom stereocenters. The third-order valence-electron chi connectivity index (χ3n) is 5.88. The molecule has 136 valence electrons. The van der Waals surface area contributed by atoms with Crippen molar-refractivity contribution in [3.05, 3.63) is 71.5 Å². The quantitative estimate of drug-likeness (QED) is 0.832. The van der Waals surface area contributed by atoms with Crippen LogP contribution >= 0.6 is 0 Å². The Labute approximate surface area is 154 Å². The van der Waals surface area contributed by atoms with Crippen molar-refractivity contribution in [1.29, 1.82) is 0 Å². The molecule has 2 heterocycles. The molecule has 0 N–H and O–H groups in total. The summed E-state index contributed by atoms with van der Waals surface area (Å²) >= 11 is 0. The number of benzene rings is 2. The number of carbonyl (C=O) groups is 1. The highest BCUT2D eigenvalue weighted by atomic mass is 19.1. The average Bonchev–Trinajstić information content (AvgIpc) is 3.10. The lowest BCUT2D eigenvalue weighted by Crippen LogP contribution is -2.53. The van der Waals surface area contributed by atoms with Gasteiger partial charge in [-0.2, -0.15) is 0 Å². The van der Waals surface area contributed by atoms with Crippen molar-refractivity contribution in [3.8, 4) is 0 Å². The number of halogens is 1. The largest absolute Gasteiger partial charge is 0.333 e. The highest BCUT2D eigenvalue weighted by molar-refractivity contribution is 5.79. The first-order valence-corrected chi connectivity index (χ1v) is 9.50. The molecule has 1 amide bonds. The van der Waals surface area contributed by atoms with Gasteiger partial charge in [0.15, 0.2) is 0 Å². The van der Waals surface area contributed by atoms with Gasteiger partial charge in [-0.15, -0.1) is 0 Å². The molecule has 26 heavy (non-hydrogen) atoms. The molecule has 0 aromatic heterocycles. The molecule has 0 saturated carbocycles. The SMILES string of the molecule is O=C1CCCN1C1(c2cccc(F)c2)CCN(Cc2ccccc2)CC1. The zero-order chi connectivity index (χ0) is 18.0. The van der Waals surface area contributed by atoms with E-state index in [1.54, 1.807) is 12.1 Å². The van der Waals surface area contributed by atoms with Gasteiger partial charge >= 0.3 is 0 Å². The highest BCUT2D eigenvalue weighted by Gasteiger charge is 2.45. The van der Waals surface area contributed by atoms with Crippen LogP contribution < -0.4 is 0 Å². The molecule has 2 saturated heterocycles. The minimum absolute atomic E-state index is 0.214. The second-order valence-corrected chi connectivity index (χ2v) is 7.45. The van der Waals surface area contributed by atoms with E-state index in [0.29, 0.717) is 6.42 Å². The van der Waals surface area contributed by atoms with Crippen LogP contribution in [0.2, 0.25) is 0 Å². The molecule has 0 radical (unpaired) electrons. The summed E-state index contributed by atoms with van der Waals surface area (Å²) in [5.41, 5.74) is 1.90. The Hall–Kier alpha value is -2.20. The predicted molar refractivity (Wildman–Crippen MR) is 100.0 cm³/mol. The zero-order valence-electron chi connectivity index (χ0n) is 15.0. The zero-order valence-corrected chi connectivity index (χ0v) is 15.0. The Bertz CT molecular complexity index is 769. The third kappa shape index (κ3) is 3.26. The van der Waals surface area contributed by atoms with Crippen LogP contribution in [0.5, 0.6) is 0 Å². The number of carbonyl (C=O) groups excluding carboxylic acids is 1. The van der Waals surface area contributed by atoms with E-state index in [4.69, 9.17) is 0 Å². The molecule has 2 aliphatic heterocycles. The standard InChI is InChI=1S/C22H25FN2O/c23-20-9-4-8-19(16-20)22(25-13-5-10-21(25)26)11-14-24(15-12-22)17-18-6-2-1-3-7-18/h1-4,6-9,16H,5,10-15,17H2. The van der Waals surface area contributed by atoms with Crippen LogP contribution in [0.4, 0.5) is 4.39 Å². The van der Waals surface area contributed by atoms with Crippen molar-refractivity contribution >= 4 is 5.91 Å². The number of hydrogen-bond acceptors (Lipinski definition) is 2. The van der Waals surface area contributed by atoms with Gasteiger partial charge in [0, 0.05) is 32.6 Å². The van der Waals surface area contributed by atoms with Gasteiger partial charge in [-0.3, -0.25) is 9.69 Å². The lowest BCUT2D eigenvalue weighted by Gasteiger charge is -2.48. The molecule has 2 aliphatic rings. The second-order valence-electron chi connectivity index (χ2n) is 7.45. The number of rotatable bonds is 4. The number of amides is 1. The monoisotopic (exact) mass is 352 g/mol. The Morgan fingerprint density at radius 1 is 0.962 bits per heavy atom. The van der Waals surface area contributed by atoms with Crippen molar-refractivity contribution in [2.24, 2.45) is 0 Å². The fraction of sp³-hybridized carbons (Fsp3) is 0.409. The van der Waals surface area contributed by atoms with E-state index in [1.165, 1.54) is 11.6 Å². The average molecular weight is 352 g/mol. The van der Waals surface area contributed by atoms with Crippen LogP contribution in [0.3, 0.4) is 0 Å². The predicted octanol–water partition coefficient (Wildman–Crippen LogP) is 3.94. The number of nitrogens with zero attached hydrogens (tertiary/aromatic N) is 2.